The van der Waals surface area contributed by atoms with Crippen LogP contribution in [0.1, 0.15) is 12.7 Å². The maximum absolute atomic E-state index is 11.2. The number of nitrogens with zero attached hydrogens (tertiary/aromatic N) is 2. The molecule has 0 aliphatic heterocycles. The molecule has 2 aromatic carbocycles. The average Bonchev–Trinajstić information content (AvgIpc) is 2.98. The van der Waals surface area contributed by atoms with Gasteiger partial charge in [0.2, 0.25) is 5.91 Å². The van der Waals surface area contributed by atoms with Gasteiger partial charge in [-0.1, -0.05) is 18.2 Å². The fraction of sp³-hybridized carbons (Fsp3) is 0.263. The van der Waals surface area contributed by atoms with Crippen LogP contribution in [0, 0.1) is 0 Å². The number of rotatable bonds is 7. The van der Waals surface area contributed by atoms with E-state index in [-0.39, 0.29) is 5.91 Å². The van der Waals surface area contributed by atoms with E-state index in [0.29, 0.717) is 19.7 Å². The van der Waals surface area contributed by atoms with E-state index in [4.69, 9.17) is 9.47 Å². The molecule has 6 heteroatoms. The van der Waals surface area contributed by atoms with Gasteiger partial charge in [-0.05, 0) is 24.3 Å². The van der Waals surface area contributed by atoms with Crippen molar-refractivity contribution in [1.29, 1.82) is 0 Å². The molecule has 0 atom stereocenters. The Kier molecular flexibility index (Phi) is 5.18. The molecule has 0 spiro atoms. The summed E-state index contributed by atoms with van der Waals surface area (Å²) < 4.78 is 13.1. The van der Waals surface area contributed by atoms with Gasteiger partial charge in [-0.2, -0.15) is 0 Å². The van der Waals surface area contributed by atoms with Gasteiger partial charge in [0.05, 0.1) is 31.2 Å². The summed E-state index contributed by atoms with van der Waals surface area (Å²) in [5.74, 6) is 2.25. The first-order valence-corrected chi connectivity index (χ1v) is 8.13. The zero-order valence-electron chi connectivity index (χ0n) is 14.4. The number of aromatic nitrogens is 2. The monoisotopic (exact) mass is 339 g/mol. The number of carbonyl (C=O) groups excluding carboxylic acids is 1. The molecule has 1 N–H and O–H groups in total. The van der Waals surface area contributed by atoms with Crippen LogP contribution in [0.5, 0.6) is 11.5 Å². The van der Waals surface area contributed by atoms with E-state index in [1.807, 2.05) is 48.5 Å². The van der Waals surface area contributed by atoms with Crippen LogP contribution >= 0.6 is 0 Å². The fourth-order valence-corrected chi connectivity index (χ4v) is 2.66. The number of methoxy groups -OCH3 is 1. The quantitative estimate of drug-likeness (QED) is 0.719. The zero-order chi connectivity index (χ0) is 17.6. The number of imidazole rings is 1. The lowest BCUT2D eigenvalue weighted by molar-refractivity contribution is -0.119. The van der Waals surface area contributed by atoms with Gasteiger partial charge in [-0.15, -0.1) is 0 Å². The number of benzene rings is 2. The van der Waals surface area contributed by atoms with Gasteiger partial charge in [0.15, 0.2) is 0 Å². The van der Waals surface area contributed by atoms with Crippen LogP contribution in [-0.2, 0) is 17.9 Å². The van der Waals surface area contributed by atoms with E-state index in [0.717, 1.165) is 28.4 Å². The van der Waals surface area contributed by atoms with Crippen LogP contribution in [-0.4, -0.2) is 29.2 Å². The molecule has 0 radical (unpaired) electrons. The van der Waals surface area contributed by atoms with E-state index in [1.54, 1.807) is 7.11 Å². The van der Waals surface area contributed by atoms with Crippen LogP contribution in [0.25, 0.3) is 11.0 Å². The first kappa shape index (κ1) is 16.8. The summed E-state index contributed by atoms with van der Waals surface area (Å²) in [5.41, 5.74) is 1.93. The second-order valence-electron chi connectivity index (χ2n) is 5.61. The molecule has 1 amide bonds. The Hall–Kier alpha value is -3.02. The second-order valence-corrected chi connectivity index (χ2v) is 5.61. The highest BCUT2D eigenvalue weighted by Crippen LogP contribution is 2.20. The van der Waals surface area contributed by atoms with Crippen molar-refractivity contribution in [2.24, 2.45) is 0 Å². The topological polar surface area (TPSA) is 65.4 Å². The summed E-state index contributed by atoms with van der Waals surface area (Å²) in [6.07, 6.45) is 0. The second kappa shape index (κ2) is 7.70. The normalized spacial score (nSPS) is 10.6. The number of hydrogen-bond donors (Lipinski definition) is 1. The number of hydrogen-bond acceptors (Lipinski definition) is 4. The number of amides is 1. The minimum atomic E-state index is -0.0776. The number of carbonyl (C=O) groups is 1. The standard InChI is InChI=1S/C19H21N3O3/c1-14(23)20-13-19-21-17-8-3-4-9-18(17)22(19)10-11-25-16-7-5-6-15(12-16)24-2/h3-9,12H,10-11,13H2,1-2H3,(H,20,23). The van der Waals surface area contributed by atoms with Crippen LogP contribution in [0.15, 0.2) is 48.5 Å². The van der Waals surface area contributed by atoms with Gasteiger partial charge in [0.1, 0.15) is 23.9 Å². The first-order valence-electron chi connectivity index (χ1n) is 8.13. The van der Waals surface area contributed by atoms with Crippen LogP contribution < -0.4 is 14.8 Å². The Morgan fingerprint density at radius 2 is 1.96 bits per heavy atom. The third kappa shape index (κ3) is 4.09. The van der Waals surface area contributed by atoms with Crippen LogP contribution in [0.4, 0.5) is 0 Å². The highest BCUT2D eigenvalue weighted by molar-refractivity contribution is 5.76. The average molecular weight is 339 g/mol. The molecule has 1 heterocycles. The lowest BCUT2D eigenvalue weighted by atomic mass is 10.3. The molecule has 0 saturated heterocycles. The zero-order valence-corrected chi connectivity index (χ0v) is 14.4. The lowest BCUT2D eigenvalue weighted by Crippen LogP contribution is -2.22. The smallest absolute Gasteiger partial charge is 0.217 e. The summed E-state index contributed by atoms with van der Waals surface area (Å²) in [6, 6.07) is 15.4. The molecule has 6 nitrogen and oxygen atoms in total. The number of fused-ring (bicyclic) bond motifs is 1. The Balaban J connectivity index is 1.74. The van der Waals surface area contributed by atoms with E-state index in [9.17, 15) is 4.79 Å². The maximum Gasteiger partial charge on any atom is 0.217 e. The van der Waals surface area contributed by atoms with Crippen molar-refractivity contribution in [3.8, 4) is 11.5 Å². The minimum absolute atomic E-state index is 0.0776. The summed E-state index contributed by atoms with van der Waals surface area (Å²) in [4.78, 5) is 15.8. The van der Waals surface area contributed by atoms with Crippen molar-refractivity contribution in [3.05, 3.63) is 54.4 Å². The van der Waals surface area contributed by atoms with Crippen LogP contribution in [0.3, 0.4) is 0 Å². The fourth-order valence-electron chi connectivity index (χ4n) is 2.66. The van der Waals surface area contributed by atoms with Crippen molar-refractivity contribution in [3.63, 3.8) is 0 Å². The summed E-state index contributed by atoms with van der Waals surface area (Å²) in [6.45, 7) is 3.01. The van der Waals surface area contributed by atoms with Crippen LogP contribution in [0.2, 0.25) is 0 Å². The molecule has 3 aromatic rings. The third-order valence-electron chi connectivity index (χ3n) is 3.85. The number of para-hydroxylation sites is 2. The summed E-state index contributed by atoms with van der Waals surface area (Å²) in [5, 5.41) is 2.81. The highest BCUT2D eigenvalue weighted by Gasteiger charge is 2.10. The molecule has 0 aliphatic carbocycles. The Morgan fingerprint density at radius 3 is 2.76 bits per heavy atom. The minimum Gasteiger partial charge on any atom is -0.497 e. The highest BCUT2D eigenvalue weighted by atomic mass is 16.5. The van der Waals surface area contributed by atoms with Gasteiger partial charge in [-0.3, -0.25) is 4.79 Å². The molecule has 0 aliphatic rings. The van der Waals surface area contributed by atoms with Gasteiger partial charge < -0.3 is 19.4 Å². The first-order chi connectivity index (χ1) is 12.2. The molecule has 130 valence electrons. The van der Waals surface area contributed by atoms with Crippen molar-refractivity contribution in [2.75, 3.05) is 13.7 Å². The Morgan fingerprint density at radius 1 is 1.16 bits per heavy atom. The SMILES string of the molecule is COc1cccc(OCCn2c(CNC(C)=O)nc3ccccc32)c1. The van der Waals surface area contributed by atoms with Gasteiger partial charge >= 0.3 is 0 Å². The molecular weight excluding hydrogens is 318 g/mol. The predicted molar refractivity (Wildman–Crippen MR) is 95.7 cm³/mol. The molecular formula is C19H21N3O3. The predicted octanol–water partition coefficient (Wildman–Crippen LogP) is 2.76. The maximum atomic E-state index is 11.2. The van der Waals surface area contributed by atoms with Crippen molar-refractivity contribution >= 4 is 16.9 Å². The van der Waals surface area contributed by atoms with E-state index in [1.165, 1.54) is 6.92 Å². The van der Waals surface area contributed by atoms with Gasteiger partial charge in [0.25, 0.3) is 0 Å². The van der Waals surface area contributed by atoms with E-state index < -0.39 is 0 Å². The molecule has 25 heavy (non-hydrogen) atoms. The van der Waals surface area contributed by atoms with Crippen molar-refractivity contribution < 1.29 is 14.3 Å². The van der Waals surface area contributed by atoms with E-state index >= 15 is 0 Å². The van der Waals surface area contributed by atoms with Crippen molar-refractivity contribution in [1.82, 2.24) is 14.9 Å². The third-order valence-corrected chi connectivity index (χ3v) is 3.85. The molecule has 0 saturated carbocycles. The van der Waals surface area contributed by atoms with Gasteiger partial charge in [-0.25, -0.2) is 4.98 Å². The largest absolute Gasteiger partial charge is 0.497 e. The summed E-state index contributed by atoms with van der Waals surface area (Å²) >= 11 is 0. The summed E-state index contributed by atoms with van der Waals surface area (Å²) in [7, 11) is 1.63. The molecule has 1 aromatic heterocycles. The molecule has 3 rings (SSSR count). The van der Waals surface area contributed by atoms with Crippen molar-refractivity contribution in [2.45, 2.75) is 20.0 Å². The Bertz CT molecular complexity index is 873. The molecule has 0 bridgehead atoms. The number of nitrogens with one attached hydrogen (secondary N) is 1. The number of ether oxygens (including phenoxy) is 2. The van der Waals surface area contributed by atoms with Gasteiger partial charge in [0, 0.05) is 13.0 Å². The molecule has 0 unspecified atom stereocenters. The Labute approximate surface area is 146 Å². The molecule has 0 fully saturated rings. The van der Waals surface area contributed by atoms with E-state index in [2.05, 4.69) is 14.9 Å². The lowest BCUT2D eigenvalue weighted by Gasteiger charge is -2.11.